The Kier molecular flexibility index (Phi) is 5.72. The van der Waals surface area contributed by atoms with Crippen LogP contribution in [0.4, 0.5) is 11.6 Å². The molecule has 0 spiro atoms. The molecule has 0 atom stereocenters. The first-order chi connectivity index (χ1) is 12.8. The van der Waals surface area contributed by atoms with Crippen molar-refractivity contribution in [3.63, 3.8) is 0 Å². The van der Waals surface area contributed by atoms with E-state index in [0.717, 1.165) is 11.3 Å². The van der Waals surface area contributed by atoms with Crippen LogP contribution in [-0.2, 0) is 6.54 Å². The fraction of sp³-hybridized carbons (Fsp3) is 0.0952. The number of carbonyl (C=O) groups is 1. The van der Waals surface area contributed by atoms with Gasteiger partial charge in [0.2, 0.25) is 5.95 Å². The summed E-state index contributed by atoms with van der Waals surface area (Å²) in [5, 5.41) is 2.72. The van der Waals surface area contributed by atoms with Crippen molar-refractivity contribution in [2.45, 2.75) is 6.54 Å². The molecule has 130 valence electrons. The minimum Gasteiger partial charge on any atom is -0.348 e. The highest BCUT2D eigenvalue weighted by Gasteiger charge is 2.14. The number of para-hydroxylation sites is 1. The van der Waals surface area contributed by atoms with Crippen LogP contribution in [0.2, 0.25) is 0 Å². The largest absolute Gasteiger partial charge is 0.348 e. The molecule has 26 heavy (non-hydrogen) atoms. The van der Waals surface area contributed by atoms with Gasteiger partial charge in [0.25, 0.3) is 5.91 Å². The Morgan fingerprint density at radius 3 is 2.23 bits per heavy atom. The molecule has 5 heteroatoms. The van der Waals surface area contributed by atoms with Gasteiger partial charge in [-0.2, -0.15) is 0 Å². The first kappa shape index (κ1) is 17.4. The summed E-state index contributed by atoms with van der Waals surface area (Å²) in [5.74, 6) is 0.325. The van der Waals surface area contributed by atoms with Crippen LogP contribution >= 0.6 is 0 Å². The highest BCUT2D eigenvalue weighted by atomic mass is 16.1. The second-order valence-electron chi connectivity index (χ2n) is 5.68. The van der Waals surface area contributed by atoms with E-state index in [1.807, 2.05) is 53.4 Å². The molecule has 0 unspecified atom stereocenters. The lowest BCUT2D eigenvalue weighted by atomic mass is 10.2. The molecule has 3 aromatic rings. The van der Waals surface area contributed by atoms with Crippen LogP contribution in [0.15, 0.2) is 85.7 Å². The van der Waals surface area contributed by atoms with Gasteiger partial charge in [-0.3, -0.25) is 4.79 Å². The van der Waals surface area contributed by atoms with Gasteiger partial charge in [0, 0.05) is 24.6 Å². The van der Waals surface area contributed by atoms with Crippen molar-refractivity contribution in [2.24, 2.45) is 0 Å². The Labute approximate surface area is 153 Å². The van der Waals surface area contributed by atoms with Gasteiger partial charge >= 0.3 is 0 Å². The number of aromatic nitrogens is 2. The number of rotatable bonds is 7. The summed E-state index contributed by atoms with van der Waals surface area (Å²) in [4.78, 5) is 22.8. The number of hydrogen-bond acceptors (Lipinski definition) is 4. The number of carbonyl (C=O) groups excluding carboxylic acids is 1. The van der Waals surface area contributed by atoms with E-state index in [1.54, 1.807) is 18.5 Å². The van der Waals surface area contributed by atoms with Crippen LogP contribution in [0, 0.1) is 0 Å². The van der Waals surface area contributed by atoms with Crippen LogP contribution < -0.4 is 10.2 Å². The lowest BCUT2D eigenvalue weighted by Gasteiger charge is -2.23. The van der Waals surface area contributed by atoms with Crippen molar-refractivity contribution in [1.29, 1.82) is 0 Å². The fourth-order valence-corrected chi connectivity index (χ4v) is 2.50. The number of anilines is 2. The summed E-state index contributed by atoms with van der Waals surface area (Å²) < 4.78 is 0. The maximum Gasteiger partial charge on any atom is 0.254 e. The Morgan fingerprint density at radius 1 is 1.00 bits per heavy atom. The second-order valence-corrected chi connectivity index (χ2v) is 5.68. The Balaban J connectivity index is 1.87. The molecule has 1 amide bonds. The SMILES string of the molecule is C=CCNC(=O)c1cnc(N(Cc2ccccc2)c2ccccc2)nc1. The van der Waals surface area contributed by atoms with E-state index < -0.39 is 0 Å². The molecule has 0 saturated carbocycles. The van der Waals surface area contributed by atoms with E-state index in [2.05, 4.69) is 34.0 Å². The maximum absolute atomic E-state index is 12.0. The van der Waals surface area contributed by atoms with Gasteiger partial charge in [0.1, 0.15) is 0 Å². The van der Waals surface area contributed by atoms with Crippen LogP contribution in [0.5, 0.6) is 0 Å². The van der Waals surface area contributed by atoms with Crippen molar-refractivity contribution in [3.05, 3.63) is 96.8 Å². The molecule has 1 aromatic heterocycles. The molecule has 0 saturated heterocycles. The maximum atomic E-state index is 12.0. The smallest absolute Gasteiger partial charge is 0.254 e. The van der Waals surface area contributed by atoms with Crippen LogP contribution in [-0.4, -0.2) is 22.4 Å². The summed E-state index contributed by atoms with van der Waals surface area (Å²) in [6.45, 7) is 4.62. The molecular formula is C21H20N4O. The molecular weight excluding hydrogens is 324 g/mol. The highest BCUT2D eigenvalue weighted by molar-refractivity contribution is 5.93. The Bertz CT molecular complexity index is 848. The van der Waals surface area contributed by atoms with Crippen molar-refractivity contribution in [3.8, 4) is 0 Å². The Morgan fingerprint density at radius 2 is 1.62 bits per heavy atom. The van der Waals surface area contributed by atoms with Gasteiger partial charge in [-0.25, -0.2) is 9.97 Å². The first-order valence-corrected chi connectivity index (χ1v) is 8.35. The molecule has 0 aliphatic heterocycles. The number of benzene rings is 2. The Hall–Kier alpha value is -3.47. The van der Waals surface area contributed by atoms with Gasteiger partial charge in [-0.1, -0.05) is 54.6 Å². The zero-order chi connectivity index (χ0) is 18.2. The summed E-state index contributed by atoms with van der Waals surface area (Å²) in [6.07, 6.45) is 4.72. The third kappa shape index (κ3) is 4.33. The summed E-state index contributed by atoms with van der Waals surface area (Å²) in [7, 11) is 0. The van der Waals surface area contributed by atoms with Crippen LogP contribution in [0.25, 0.3) is 0 Å². The quantitative estimate of drug-likeness (QED) is 0.664. The van der Waals surface area contributed by atoms with Crippen molar-refractivity contribution < 1.29 is 4.79 Å². The summed E-state index contributed by atoms with van der Waals surface area (Å²) >= 11 is 0. The van der Waals surface area contributed by atoms with Crippen LogP contribution in [0.1, 0.15) is 15.9 Å². The average Bonchev–Trinajstić information content (AvgIpc) is 2.72. The van der Waals surface area contributed by atoms with Crippen LogP contribution in [0.3, 0.4) is 0 Å². The molecule has 1 N–H and O–H groups in total. The van der Waals surface area contributed by atoms with Gasteiger partial charge in [-0.05, 0) is 17.7 Å². The monoisotopic (exact) mass is 344 g/mol. The topological polar surface area (TPSA) is 58.1 Å². The van der Waals surface area contributed by atoms with E-state index in [0.29, 0.717) is 24.6 Å². The number of amides is 1. The van der Waals surface area contributed by atoms with E-state index in [4.69, 9.17) is 0 Å². The van der Waals surface area contributed by atoms with Gasteiger partial charge in [0.05, 0.1) is 12.1 Å². The normalized spacial score (nSPS) is 10.2. The standard InChI is InChI=1S/C21H20N4O/c1-2-13-22-20(26)18-14-23-21(24-15-18)25(19-11-7-4-8-12-19)16-17-9-5-3-6-10-17/h2-12,14-15H,1,13,16H2,(H,22,26). The van der Waals surface area contributed by atoms with Crippen molar-refractivity contribution in [2.75, 3.05) is 11.4 Å². The van der Waals surface area contributed by atoms with E-state index in [1.165, 1.54) is 0 Å². The third-order valence-corrected chi connectivity index (χ3v) is 3.80. The molecule has 1 heterocycles. The van der Waals surface area contributed by atoms with Gasteiger partial charge < -0.3 is 10.2 Å². The van der Waals surface area contributed by atoms with Crippen molar-refractivity contribution >= 4 is 17.5 Å². The second kappa shape index (κ2) is 8.58. The minimum atomic E-state index is -0.217. The van der Waals surface area contributed by atoms with Gasteiger partial charge in [0.15, 0.2) is 0 Å². The summed E-state index contributed by atoms with van der Waals surface area (Å²) in [6, 6.07) is 20.1. The zero-order valence-corrected chi connectivity index (χ0v) is 14.4. The molecule has 5 nitrogen and oxygen atoms in total. The summed E-state index contributed by atoms with van der Waals surface area (Å²) in [5.41, 5.74) is 2.55. The lowest BCUT2D eigenvalue weighted by Crippen LogP contribution is -2.24. The number of nitrogens with one attached hydrogen (secondary N) is 1. The minimum absolute atomic E-state index is 0.217. The molecule has 2 aromatic carbocycles. The molecule has 0 aliphatic rings. The molecule has 3 rings (SSSR count). The van der Waals surface area contributed by atoms with E-state index in [-0.39, 0.29) is 5.91 Å². The molecule has 0 aliphatic carbocycles. The predicted octanol–water partition coefficient (Wildman–Crippen LogP) is 3.73. The molecule has 0 radical (unpaired) electrons. The zero-order valence-electron chi connectivity index (χ0n) is 14.4. The van der Waals surface area contributed by atoms with Crippen molar-refractivity contribution in [1.82, 2.24) is 15.3 Å². The number of hydrogen-bond donors (Lipinski definition) is 1. The first-order valence-electron chi connectivity index (χ1n) is 8.35. The molecule has 0 bridgehead atoms. The average molecular weight is 344 g/mol. The highest BCUT2D eigenvalue weighted by Crippen LogP contribution is 2.24. The molecule has 0 fully saturated rings. The fourth-order valence-electron chi connectivity index (χ4n) is 2.50. The number of nitrogens with zero attached hydrogens (tertiary/aromatic N) is 3. The third-order valence-electron chi connectivity index (χ3n) is 3.80. The predicted molar refractivity (Wildman–Crippen MR) is 103 cm³/mol. The lowest BCUT2D eigenvalue weighted by molar-refractivity contribution is 0.0957. The van der Waals surface area contributed by atoms with E-state index in [9.17, 15) is 4.79 Å². The van der Waals surface area contributed by atoms with Gasteiger partial charge in [-0.15, -0.1) is 6.58 Å². The van der Waals surface area contributed by atoms with E-state index >= 15 is 0 Å².